The number of likely N-dealkylation sites (N-methyl/N-ethyl adjacent to an activating group) is 1. The van der Waals surface area contributed by atoms with Crippen LogP contribution in [0, 0.1) is 10.1 Å². The van der Waals surface area contributed by atoms with E-state index < -0.39 is 0 Å². The number of rotatable bonds is 8. The van der Waals surface area contributed by atoms with Gasteiger partial charge in [-0.2, -0.15) is 0 Å². The fourth-order valence-electron chi connectivity index (χ4n) is 1.83. The van der Waals surface area contributed by atoms with Crippen LogP contribution in [-0.4, -0.2) is 36.0 Å². The van der Waals surface area contributed by atoms with E-state index in [0.29, 0.717) is 0 Å². The van der Waals surface area contributed by atoms with Crippen LogP contribution in [0.15, 0.2) is 24.3 Å². The van der Waals surface area contributed by atoms with Crippen molar-refractivity contribution in [1.29, 1.82) is 0 Å². The van der Waals surface area contributed by atoms with Crippen molar-refractivity contribution in [1.82, 2.24) is 4.90 Å². The molecule has 0 aliphatic rings. The first-order chi connectivity index (χ1) is 8.67. The third-order valence-electron chi connectivity index (χ3n) is 2.80. The predicted octanol–water partition coefficient (Wildman–Crippen LogP) is 2.74. The quantitative estimate of drug-likeness (QED) is 0.570. The molecule has 0 unspecified atom stereocenters. The van der Waals surface area contributed by atoms with E-state index in [-0.39, 0.29) is 10.6 Å². The summed E-state index contributed by atoms with van der Waals surface area (Å²) in [5, 5.41) is 13.9. The highest BCUT2D eigenvalue weighted by Crippen LogP contribution is 2.16. The lowest BCUT2D eigenvalue weighted by atomic mass is 10.3. The number of nitro groups is 1. The Bertz CT molecular complexity index is 382. The highest BCUT2D eigenvalue weighted by molar-refractivity contribution is 5.50. The lowest BCUT2D eigenvalue weighted by Gasteiger charge is -2.19. The molecule has 0 aliphatic carbocycles. The molecule has 0 bridgehead atoms. The molecule has 0 heterocycles. The molecule has 0 aromatic heterocycles. The first-order valence-corrected chi connectivity index (χ1v) is 6.38. The first-order valence-electron chi connectivity index (χ1n) is 6.38. The molecule has 0 fully saturated rings. The van der Waals surface area contributed by atoms with Gasteiger partial charge in [0.25, 0.3) is 5.69 Å². The second-order valence-electron chi connectivity index (χ2n) is 4.17. The fraction of sp³-hybridized carbons (Fsp3) is 0.538. The Labute approximate surface area is 108 Å². The number of nitrogens with zero attached hydrogens (tertiary/aromatic N) is 2. The predicted molar refractivity (Wildman–Crippen MR) is 74.0 cm³/mol. The summed E-state index contributed by atoms with van der Waals surface area (Å²) in [6.45, 7) is 8.18. The zero-order valence-electron chi connectivity index (χ0n) is 11.1. The van der Waals surface area contributed by atoms with Gasteiger partial charge >= 0.3 is 0 Å². The monoisotopic (exact) mass is 251 g/mol. The van der Waals surface area contributed by atoms with Crippen molar-refractivity contribution in [3.05, 3.63) is 34.4 Å². The average molecular weight is 251 g/mol. The third-order valence-corrected chi connectivity index (χ3v) is 2.80. The Morgan fingerprint density at radius 1 is 1.33 bits per heavy atom. The molecule has 0 radical (unpaired) electrons. The van der Waals surface area contributed by atoms with Crippen LogP contribution in [0.25, 0.3) is 0 Å². The molecule has 0 atom stereocenters. The normalized spacial score (nSPS) is 10.6. The van der Waals surface area contributed by atoms with Crippen LogP contribution < -0.4 is 5.32 Å². The van der Waals surface area contributed by atoms with Crippen molar-refractivity contribution in [3.63, 3.8) is 0 Å². The van der Waals surface area contributed by atoms with Gasteiger partial charge < -0.3 is 10.2 Å². The molecular weight excluding hydrogens is 230 g/mol. The summed E-state index contributed by atoms with van der Waals surface area (Å²) in [7, 11) is 0. The van der Waals surface area contributed by atoms with Crippen LogP contribution in [0.2, 0.25) is 0 Å². The van der Waals surface area contributed by atoms with Crippen LogP contribution >= 0.6 is 0 Å². The number of non-ortho nitro benzene ring substituents is 1. The molecule has 0 aliphatic heterocycles. The van der Waals surface area contributed by atoms with E-state index in [1.807, 2.05) is 6.07 Å². The SMILES string of the molecule is CCCN(CC)CCNc1cccc([N+](=O)[O-])c1. The van der Waals surface area contributed by atoms with Gasteiger partial charge in [0.2, 0.25) is 0 Å². The molecular formula is C13H21N3O2. The lowest BCUT2D eigenvalue weighted by Crippen LogP contribution is -2.29. The number of benzene rings is 1. The topological polar surface area (TPSA) is 58.4 Å². The van der Waals surface area contributed by atoms with Gasteiger partial charge in [0.05, 0.1) is 4.92 Å². The van der Waals surface area contributed by atoms with E-state index in [0.717, 1.165) is 38.3 Å². The van der Waals surface area contributed by atoms with E-state index >= 15 is 0 Å². The summed E-state index contributed by atoms with van der Waals surface area (Å²) in [5.41, 5.74) is 0.928. The van der Waals surface area contributed by atoms with E-state index in [9.17, 15) is 10.1 Å². The van der Waals surface area contributed by atoms with Crippen LogP contribution in [0.1, 0.15) is 20.3 Å². The average Bonchev–Trinajstić information content (AvgIpc) is 2.38. The molecule has 1 aromatic rings. The molecule has 18 heavy (non-hydrogen) atoms. The fourth-order valence-corrected chi connectivity index (χ4v) is 1.83. The maximum atomic E-state index is 10.6. The second kappa shape index (κ2) is 7.66. The molecule has 1 aromatic carbocycles. The Hall–Kier alpha value is -1.62. The second-order valence-corrected chi connectivity index (χ2v) is 4.17. The maximum Gasteiger partial charge on any atom is 0.271 e. The van der Waals surface area contributed by atoms with Gasteiger partial charge in [0.1, 0.15) is 0 Å². The minimum atomic E-state index is -0.374. The van der Waals surface area contributed by atoms with Gasteiger partial charge in [-0.15, -0.1) is 0 Å². The van der Waals surface area contributed by atoms with Crippen molar-refractivity contribution in [2.24, 2.45) is 0 Å². The molecule has 0 amide bonds. The molecule has 5 nitrogen and oxygen atoms in total. The number of hydrogen-bond acceptors (Lipinski definition) is 4. The number of anilines is 1. The summed E-state index contributed by atoms with van der Waals surface area (Å²) in [5.74, 6) is 0. The largest absolute Gasteiger partial charge is 0.384 e. The molecule has 1 rings (SSSR count). The summed E-state index contributed by atoms with van der Waals surface area (Å²) < 4.78 is 0. The van der Waals surface area contributed by atoms with Crippen molar-refractivity contribution in [2.75, 3.05) is 31.5 Å². The van der Waals surface area contributed by atoms with Crippen molar-refractivity contribution in [3.8, 4) is 0 Å². The van der Waals surface area contributed by atoms with Gasteiger partial charge in [-0.05, 0) is 25.6 Å². The highest BCUT2D eigenvalue weighted by Gasteiger charge is 2.05. The van der Waals surface area contributed by atoms with Crippen LogP contribution in [0.3, 0.4) is 0 Å². The van der Waals surface area contributed by atoms with E-state index in [4.69, 9.17) is 0 Å². The summed E-state index contributed by atoms with van der Waals surface area (Å²) in [6.07, 6.45) is 1.14. The van der Waals surface area contributed by atoms with E-state index in [1.165, 1.54) is 6.07 Å². The number of nitrogens with one attached hydrogen (secondary N) is 1. The van der Waals surface area contributed by atoms with Crippen LogP contribution in [0.4, 0.5) is 11.4 Å². The van der Waals surface area contributed by atoms with Gasteiger partial charge in [0, 0.05) is 30.9 Å². The molecule has 0 saturated carbocycles. The first kappa shape index (κ1) is 14.4. The van der Waals surface area contributed by atoms with Crippen LogP contribution in [-0.2, 0) is 0 Å². The van der Waals surface area contributed by atoms with Gasteiger partial charge in [-0.25, -0.2) is 0 Å². The van der Waals surface area contributed by atoms with Gasteiger partial charge in [0.15, 0.2) is 0 Å². The Kier molecular flexibility index (Phi) is 6.14. The molecule has 5 heteroatoms. The number of hydrogen-bond donors (Lipinski definition) is 1. The Balaban J connectivity index is 2.43. The summed E-state index contributed by atoms with van der Waals surface area (Å²) >= 11 is 0. The Morgan fingerprint density at radius 3 is 2.72 bits per heavy atom. The number of nitro benzene ring substituents is 1. The van der Waals surface area contributed by atoms with Crippen molar-refractivity contribution in [2.45, 2.75) is 20.3 Å². The zero-order valence-corrected chi connectivity index (χ0v) is 11.1. The molecule has 0 saturated heterocycles. The Morgan fingerprint density at radius 2 is 2.11 bits per heavy atom. The van der Waals surface area contributed by atoms with Crippen molar-refractivity contribution < 1.29 is 4.92 Å². The summed E-state index contributed by atoms with van der Waals surface area (Å²) in [6, 6.07) is 6.62. The third kappa shape index (κ3) is 4.71. The molecule has 100 valence electrons. The molecule has 0 spiro atoms. The van der Waals surface area contributed by atoms with Gasteiger partial charge in [-0.3, -0.25) is 10.1 Å². The lowest BCUT2D eigenvalue weighted by molar-refractivity contribution is -0.384. The zero-order chi connectivity index (χ0) is 13.4. The van der Waals surface area contributed by atoms with E-state index in [2.05, 4.69) is 24.1 Å². The standard InChI is InChI=1S/C13H21N3O2/c1-3-9-15(4-2)10-8-14-12-6-5-7-13(11-12)16(17)18/h5-7,11,14H,3-4,8-10H2,1-2H3. The van der Waals surface area contributed by atoms with E-state index in [1.54, 1.807) is 12.1 Å². The maximum absolute atomic E-state index is 10.6. The van der Waals surface area contributed by atoms with Crippen LogP contribution in [0.5, 0.6) is 0 Å². The minimum absolute atomic E-state index is 0.126. The molecule has 1 N–H and O–H groups in total. The van der Waals surface area contributed by atoms with Crippen molar-refractivity contribution >= 4 is 11.4 Å². The summed E-state index contributed by atoms with van der Waals surface area (Å²) in [4.78, 5) is 12.6. The highest BCUT2D eigenvalue weighted by atomic mass is 16.6. The van der Waals surface area contributed by atoms with Gasteiger partial charge in [-0.1, -0.05) is 19.9 Å². The smallest absolute Gasteiger partial charge is 0.271 e. The minimum Gasteiger partial charge on any atom is -0.384 e.